The van der Waals surface area contributed by atoms with Crippen molar-refractivity contribution in [3.63, 3.8) is 0 Å². The number of para-hydroxylation sites is 1. The summed E-state index contributed by atoms with van der Waals surface area (Å²) >= 11 is 0. The quantitative estimate of drug-likeness (QED) is 0.215. The number of hydrogen-bond donors (Lipinski definition) is 1. The lowest BCUT2D eigenvalue weighted by Crippen LogP contribution is -2.11. The number of carboxylic acid groups (broad SMARTS) is 1. The second-order valence-corrected chi connectivity index (χ2v) is 7.49. The van der Waals surface area contributed by atoms with Crippen LogP contribution in [0.2, 0.25) is 0 Å². The SMILES string of the molecule is C=CC(=O)OCc1cccc(N(c2ccccc2)c2cccc(COC(=O)/C=C/C=C/C(=O)O)c2)c1. The smallest absolute Gasteiger partial charge is 0.331 e. The molecule has 0 fully saturated rings. The van der Waals surface area contributed by atoms with Crippen molar-refractivity contribution >= 4 is 35.0 Å². The van der Waals surface area contributed by atoms with Gasteiger partial charge in [-0.1, -0.05) is 61.2 Å². The summed E-state index contributed by atoms with van der Waals surface area (Å²) in [6, 6.07) is 25.0. The zero-order valence-electron chi connectivity index (χ0n) is 19.4. The highest BCUT2D eigenvalue weighted by Gasteiger charge is 2.14. The van der Waals surface area contributed by atoms with Crippen molar-refractivity contribution in [3.05, 3.63) is 127 Å². The fourth-order valence-electron chi connectivity index (χ4n) is 3.28. The molecule has 1 N–H and O–H groups in total. The summed E-state index contributed by atoms with van der Waals surface area (Å²) in [5, 5.41) is 8.58. The summed E-state index contributed by atoms with van der Waals surface area (Å²) in [5.41, 5.74) is 4.20. The zero-order valence-corrected chi connectivity index (χ0v) is 19.4. The minimum atomic E-state index is -1.10. The van der Waals surface area contributed by atoms with Crippen LogP contribution in [0.25, 0.3) is 0 Å². The minimum absolute atomic E-state index is 0.0415. The molecule has 3 aromatic carbocycles. The molecule has 0 spiro atoms. The molecule has 0 heterocycles. The van der Waals surface area contributed by atoms with E-state index in [1.807, 2.05) is 83.8 Å². The molecule has 3 rings (SSSR count). The second-order valence-electron chi connectivity index (χ2n) is 7.49. The maximum atomic E-state index is 11.9. The fourth-order valence-corrected chi connectivity index (χ4v) is 3.28. The molecule has 36 heavy (non-hydrogen) atoms. The van der Waals surface area contributed by atoms with Crippen LogP contribution in [0, 0.1) is 0 Å². The zero-order chi connectivity index (χ0) is 25.8. The number of nitrogens with zero attached hydrogens (tertiary/aromatic N) is 1. The van der Waals surface area contributed by atoms with Crippen LogP contribution >= 0.6 is 0 Å². The molecule has 3 aromatic rings. The van der Waals surface area contributed by atoms with Crippen LogP contribution in [0.1, 0.15) is 11.1 Å². The molecule has 7 nitrogen and oxygen atoms in total. The summed E-state index contributed by atoms with van der Waals surface area (Å²) in [5.74, 6) is -2.18. The molecule has 7 heteroatoms. The van der Waals surface area contributed by atoms with Crippen LogP contribution in [0.3, 0.4) is 0 Å². The van der Waals surface area contributed by atoms with Crippen molar-refractivity contribution in [1.82, 2.24) is 0 Å². The van der Waals surface area contributed by atoms with E-state index >= 15 is 0 Å². The van der Waals surface area contributed by atoms with Crippen LogP contribution in [-0.4, -0.2) is 23.0 Å². The molecule has 0 aliphatic heterocycles. The number of hydrogen-bond acceptors (Lipinski definition) is 6. The number of aliphatic carboxylic acids is 1. The summed E-state index contributed by atoms with van der Waals surface area (Å²) in [4.78, 5) is 35.9. The summed E-state index contributed by atoms with van der Waals surface area (Å²) in [6.07, 6.45) is 5.76. The Morgan fingerprint density at radius 1 is 0.722 bits per heavy atom. The van der Waals surface area contributed by atoms with E-state index in [-0.39, 0.29) is 13.2 Å². The Hall–Kier alpha value is -4.91. The fraction of sp³-hybridized carbons (Fsp3) is 0.0690. The average Bonchev–Trinajstić information content (AvgIpc) is 2.90. The van der Waals surface area contributed by atoms with Gasteiger partial charge in [-0.2, -0.15) is 0 Å². The van der Waals surface area contributed by atoms with Crippen molar-refractivity contribution < 1.29 is 29.0 Å². The van der Waals surface area contributed by atoms with Crippen molar-refractivity contribution in [3.8, 4) is 0 Å². The van der Waals surface area contributed by atoms with Gasteiger partial charge in [0.15, 0.2) is 0 Å². The molecule has 0 saturated carbocycles. The predicted octanol–water partition coefficient (Wildman–Crippen LogP) is 5.63. The van der Waals surface area contributed by atoms with E-state index in [2.05, 4.69) is 6.58 Å². The average molecular weight is 484 g/mol. The maximum absolute atomic E-state index is 11.9. The van der Waals surface area contributed by atoms with Gasteiger partial charge in [-0.15, -0.1) is 0 Å². The van der Waals surface area contributed by atoms with E-state index in [9.17, 15) is 14.4 Å². The van der Waals surface area contributed by atoms with Gasteiger partial charge >= 0.3 is 17.9 Å². The normalized spacial score (nSPS) is 10.8. The van der Waals surface area contributed by atoms with Gasteiger partial charge in [0, 0.05) is 35.3 Å². The monoisotopic (exact) mass is 483 g/mol. The lowest BCUT2D eigenvalue weighted by molar-refractivity contribution is -0.139. The molecule has 0 atom stereocenters. The Balaban J connectivity index is 1.83. The Labute approximate surface area is 209 Å². The van der Waals surface area contributed by atoms with Gasteiger partial charge in [0.1, 0.15) is 13.2 Å². The molecule has 0 aliphatic rings. The summed E-state index contributed by atoms with van der Waals surface area (Å²) in [6.45, 7) is 3.57. The number of carbonyl (C=O) groups is 3. The van der Waals surface area contributed by atoms with Gasteiger partial charge in [-0.05, 0) is 47.5 Å². The molecular weight excluding hydrogens is 458 g/mol. The molecule has 0 radical (unpaired) electrons. The lowest BCUT2D eigenvalue weighted by atomic mass is 10.1. The number of benzene rings is 3. The van der Waals surface area contributed by atoms with Gasteiger partial charge < -0.3 is 19.5 Å². The molecule has 0 aromatic heterocycles. The van der Waals surface area contributed by atoms with Crippen LogP contribution in [0.5, 0.6) is 0 Å². The Morgan fingerprint density at radius 2 is 1.25 bits per heavy atom. The third-order valence-corrected chi connectivity index (χ3v) is 4.86. The number of esters is 2. The molecule has 0 unspecified atom stereocenters. The second kappa shape index (κ2) is 13.1. The first kappa shape index (κ1) is 25.7. The van der Waals surface area contributed by atoms with Gasteiger partial charge in [0.25, 0.3) is 0 Å². The topological polar surface area (TPSA) is 93.1 Å². The number of rotatable bonds is 11. The summed E-state index contributed by atoms with van der Waals surface area (Å²) in [7, 11) is 0. The molecule has 0 bridgehead atoms. The molecule has 0 amide bonds. The number of carboxylic acids is 1. The van der Waals surface area contributed by atoms with Crippen LogP contribution < -0.4 is 4.90 Å². The molecule has 182 valence electrons. The summed E-state index contributed by atoms with van der Waals surface area (Å²) < 4.78 is 10.5. The van der Waals surface area contributed by atoms with Crippen LogP contribution in [-0.2, 0) is 37.1 Å². The third kappa shape index (κ3) is 7.85. The Kier molecular flexibility index (Phi) is 9.35. The largest absolute Gasteiger partial charge is 0.478 e. The van der Waals surface area contributed by atoms with E-state index < -0.39 is 17.9 Å². The van der Waals surface area contributed by atoms with E-state index in [1.54, 1.807) is 0 Å². The van der Waals surface area contributed by atoms with Crippen molar-refractivity contribution in [2.75, 3.05) is 4.90 Å². The molecule has 0 aliphatic carbocycles. The number of carbonyl (C=O) groups excluding carboxylic acids is 2. The van der Waals surface area contributed by atoms with Gasteiger partial charge in [0.2, 0.25) is 0 Å². The number of ether oxygens (including phenoxy) is 2. The Bertz CT molecular complexity index is 1280. The van der Waals surface area contributed by atoms with E-state index in [4.69, 9.17) is 14.6 Å². The third-order valence-electron chi connectivity index (χ3n) is 4.86. The Morgan fingerprint density at radius 3 is 1.81 bits per heavy atom. The maximum Gasteiger partial charge on any atom is 0.331 e. The van der Waals surface area contributed by atoms with Crippen LogP contribution in [0.15, 0.2) is 116 Å². The van der Waals surface area contributed by atoms with E-state index in [1.165, 1.54) is 12.2 Å². The molecular formula is C29H25NO6. The van der Waals surface area contributed by atoms with E-state index in [0.29, 0.717) is 0 Å². The predicted molar refractivity (Wildman–Crippen MR) is 137 cm³/mol. The van der Waals surface area contributed by atoms with Gasteiger partial charge in [0.05, 0.1) is 0 Å². The molecule has 0 saturated heterocycles. The van der Waals surface area contributed by atoms with Crippen LogP contribution in [0.4, 0.5) is 17.1 Å². The number of allylic oxidation sites excluding steroid dienone is 2. The minimum Gasteiger partial charge on any atom is -0.478 e. The standard InChI is InChI=1S/C29H25NO6/c1-2-28(33)35-20-22-10-8-14-25(18-22)30(24-12-4-3-5-13-24)26-15-9-11-23(19-26)21-36-29(34)17-7-6-16-27(31)32/h2-19H,1,20-21H2,(H,31,32)/b16-6+,17-7+. The number of anilines is 3. The van der Waals surface area contributed by atoms with Gasteiger partial charge in [-0.3, -0.25) is 0 Å². The van der Waals surface area contributed by atoms with Crippen molar-refractivity contribution in [1.29, 1.82) is 0 Å². The van der Waals surface area contributed by atoms with Gasteiger partial charge in [-0.25, -0.2) is 14.4 Å². The highest BCUT2D eigenvalue weighted by atomic mass is 16.5. The van der Waals surface area contributed by atoms with E-state index in [0.717, 1.165) is 46.4 Å². The first-order chi connectivity index (χ1) is 17.5. The first-order valence-electron chi connectivity index (χ1n) is 11.0. The first-order valence-corrected chi connectivity index (χ1v) is 11.0. The van der Waals surface area contributed by atoms with Crippen molar-refractivity contribution in [2.45, 2.75) is 13.2 Å². The lowest BCUT2D eigenvalue weighted by Gasteiger charge is -2.26. The highest BCUT2D eigenvalue weighted by molar-refractivity contribution is 5.84. The highest BCUT2D eigenvalue weighted by Crippen LogP contribution is 2.35. The van der Waals surface area contributed by atoms with Crippen molar-refractivity contribution in [2.24, 2.45) is 0 Å².